The van der Waals surface area contributed by atoms with Gasteiger partial charge in [0, 0.05) is 11.1 Å². The smallest absolute Gasteiger partial charge is 0.254 e. The van der Waals surface area contributed by atoms with Crippen LogP contribution < -0.4 is 10.3 Å². The van der Waals surface area contributed by atoms with Gasteiger partial charge in [0.15, 0.2) is 0 Å². The molecule has 0 saturated carbocycles. The molecule has 82 valence electrons. The van der Waals surface area contributed by atoms with E-state index < -0.39 is 0 Å². The minimum Gasteiger partial charge on any atom is -0.497 e. The molecule has 2 rings (SSSR count). The van der Waals surface area contributed by atoms with E-state index in [0.29, 0.717) is 11.3 Å². The van der Waals surface area contributed by atoms with Gasteiger partial charge in [0.25, 0.3) is 5.56 Å². The summed E-state index contributed by atoms with van der Waals surface area (Å²) < 4.78 is 5.07. The highest BCUT2D eigenvalue weighted by atomic mass is 16.5. The molecule has 1 N–H and O–H groups in total. The van der Waals surface area contributed by atoms with Crippen LogP contribution in [0.25, 0.3) is 11.3 Å². The second-order valence-corrected chi connectivity index (χ2v) is 3.43. The van der Waals surface area contributed by atoms with Crippen molar-refractivity contribution in [2.75, 3.05) is 7.11 Å². The van der Waals surface area contributed by atoms with Gasteiger partial charge in [-0.25, -0.2) is 4.98 Å². The topological polar surface area (TPSA) is 55.0 Å². The van der Waals surface area contributed by atoms with Crippen molar-refractivity contribution in [1.82, 2.24) is 9.97 Å². The number of ether oxygens (including phenoxy) is 1. The molecule has 0 aliphatic rings. The van der Waals surface area contributed by atoms with Gasteiger partial charge in [0.1, 0.15) is 5.75 Å². The molecule has 4 nitrogen and oxygen atoms in total. The lowest BCUT2D eigenvalue weighted by Crippen LogP contribution is -2.11. The van der Waals surface area contributed by atoms with Crippen LogP contribution in [-0.4, -0.2) is 17.1 Å². The molecule has 0 radical (unpaired) electrons. The summed E-state index contributed by atoms with van der Waals surface area (Å²) >= 11 is 0. The van der Waals surface area contributed by atoms with Gasteiger partial charge in [0.2, 0.25) is 0 Å². The van der Waals surface area contributed by atoms with Gasteiger partial charge < -0.3 is 9.72 Å². The number of benzene rings is 1. The van der Waals surface area contributed by atoms with E-state index in [-0.39, 0.29) is 5.56 Å². The van der Waals surface area contributed by atoms with Gasteiger partial charge in [-0.15, -0.1) is 0 Å². The summed E-state index contributed by atoms with van der Waals surface area (Å²) in [6.45, 7) is 1.76. The van der Waals surface area contributed by atoms with Crippen LogP contribution in [0.1, 0.15) is 5.56 Å². The minimum atomic E-state index is -0.110. The highest BCUT2D eigenvalue weighted by Gasteiger charge is 2.05. The number of hydrogen-bond donors (Lipinski definition) is 1. The van der Waals surface area contributed by atoms with Crippen LogP contribution in [0.4, 0.5) is 0 Å². The molecule has 16 heavy (non-hydrogen) atoms. The predicted octanol–water partition coefficient (Wildman–Crippen LogP) is 1.75. The average Bonchev–Trinajstić information content (AvgIpc) is 2.33. The summed E-state index contributed by atoms with van der Waals surface area (Å²) in [6.07, 6.45) is 1.41. The molecule has 1 aromatic carbocycles. The quantitative estimate of drug-likeness (QED) is 0.832. The zero-order valence-electron chi connectivity index (χ0n) is 9.15. The first-order chi connectivity index (χ1) is 7.72. The maximum absolute atomic E-state index is 11.4. The Morgan fingerprint density at radius 2 is 1.94 bits per heavy atom. The first-order valence-electron chi connectivity index (χ1n) is 4.91. The Bertz CT molecular complexity index is 544. The van der Waals surface area contributed by atoms with Crippen molar-refractivity contribution in [1.29, 1.82) is 0 Å². The van der Waals surface area contributed by atoms with Crippen LogP contribution in [0.5, 0.6) is 5.75 Å². The highest BCUT2D eigenvalue weighted by Crippen LogP contribution is 2.21. The van der Waals surface area contributed by atoms with Gasteiger partial charge in [-0.3, -0.25) is 4.79 Å². The van der Waals surface area contributed by atoms with Crippen molar-refractivity contribution >= 4 is 0 Å². The van der Waals surface area contributed by atoms with E-state index in [2.05, 4.69) is 9.97 Å². The summed E-state index contributed by atoms with van der Waals surface area (Å²) in [7, 11) is 1.62. The number of aromatic nitrogens is 2. The van der Waals surface area contributed by atoms with Gasteiger partial charge in [0.05, 0.1) is 19.1 Å². The fourth-order valence-corrected chi connectivity index (χ4v) is 1.51. The number of nitrogens with one attached hydrogen (secondary N) is 1. The van der Waals surface area contributed by atoms with Gasteiger partial charge in [-0.2, -0.15) is 0 Å². The predicted molar refractivity (Wildman–Crippen MR) is 61.6 cm³/mol. The lowest BCUT2D eigenvalue weighted by atomic mass is 10.1. The lowest BCUT2D eigenvalue weighted by Gasteiger charge is -2.04. The second kappa shape index (κ2) is 4.18. The number of rotatable bonds is 2. The first kappa shape index (κ1) is 10.4. The molecule has 0 spiro atoms. The van der Waals surface area contributed by atoms with Gasteiger partial charge in [-0.1, -0.05) is 0 Å². The molecule has 0 fully saturated rings. The van der Waals surface area contributed by atoms with E-state index in [1.807, 2.05) is 24.3 Å². The van der Waals surface area contributed by atoms with Crippen molar-refractivity contribution < 1.29 is 4.74 Å². The molecule has 0 bridgehead atoms. The molecule has 2 aromatic rings. The molecular formula is C12H12N2O2. The van der Waals surface area contributed by atoms with E-state index in [0.717, 1.165) is 11.3 Å². The third-order valence-corrected chi connectivity index (χ3v) is 2.45. The molecule has 0 saturated heterocycles. The van der Waals surface area contributed by atoms with Crippen LogP contribution in [0.15, 0.2) is 35.4 Å². The standard InChI is InChI=1S/C12H12N2O2/c1-8-11(13-7-14-12(8)15)9-3-5-10(16-2)6-4-9/h3-7H,1-2H3,(H,13,14,15). The Morgan fingerprint density at radius 1 is 1.25 bits per heavy atom. The SMILES string of the molecule is COc1ccc(-c2nc[nH]c(=O)c2C)cc1. The Hall–Kier alpha value is -2.10. The van der Waals surface area contributed by atoms with E-state index >= 15 is 0 Å². The first-order valence-corrected chi connectivity index (χ1v) is 4.91. The van der Waals surface area contributed by atoms with E-state index in [9.17, 15) is 4.79 Å². The molecule has 0 unspecified atom stereocenters. The van der Waals surface area contributed by atoms with Crippen LogP contribution in [0.2, 0.25) is 0 Å². The van der Waals surface area contributed by atoms with Crippen LogP contribution in [0.3, 0.4) is 0 Å². The number of nitrogens with zero attached hydrogens (tertiary/aromatic N) is 1. The number of aromatic amines is 1. The molecule has 0 atom stereocenters. The Kier molecular flexibility index (Phi) is 2.72. The van der Waals surface area contributed by atoms with Crippen molar-refractivity contribution in [2.24, 2.45) is 0 Å². The van der Waals surface area contributed by atoms with Crippen molar-refractivity contribution in [2.45, 2.75) is 6.92 Å². The molecule has 0 amide bonds. The van der Waals surface area contributed by atoms with Crippen LogP contribution in [0, 0.1) is 6.92 Å². The second-order valence-electron chi connectivity index (χ2n) is 3.43. The number of H-pyrrole nitrogens is 1. The van der Waals surface area contributed by atoms with E-state index in [4.69, 9.17) is 4.74 Å². The summed E-state index contributed by atoms with van der Waals surface area (Å²) in [6, 6.07) is 7.45. The summed E-state index contributed by atoms with van der Waals surface area (Å²) in [5, 5.41) is 0. The van der Waals surface area contributed by atoms with Crippen molar-refractivity contribution in [3.05, 3.63) is 46.5 Å². The third kappa shape index (κ3) is 1.82. The maximum atomic E-state index is 11.4. The molecule has 0 aliphatic heterocycles. The molecule has 0 aliphatic carbocycles. The van der Waals surface area contributed by atoms with E-state index in [1.165, 1.54) is 6.33 Å². The number of hydrogen-bond acceptors (Lipinski definition) is 3. The van der Waals surface area contributed by atoms with Crippen LogP contribution >= 0.6 is 0 Å². The Balaban J connectivity index is 2.50. The lowest BCUT2D eigenvalue weighted by molar-refractivity contribution is 0.415. The highest BCUT2D eigenvalue weighted by molar-refractivity contribution is 5.62. The van der Waals surface area contributed by atoms with Gasteiger partial charge >= 0.3 is 0 Å². The summed E-state index contributed by atoms with van der Waals surface area (Å²) in [5.74, 6) is 0.784. The van der Waals surface area contributed by atoms with Crippen molar-refractivity contribution in [3.63, 3.8) is 0 Å². The molecule has 1 heterocycles. The zero-order chi connectivity index (χ0) is 11.5. The fraction of sp³-hybridized carbons (Fsp3) is 0.167. The normalized spacial score (nSPS) is 10.1. The monoisotopic (exact) mass is 216 g/mol. The van der Waals surface area contributed by atoms with Gasteiger partial charge in [-0.05, 0) is 31.2 Å². The molecule has 4 heteroatoms. The zero-order valence-corrected chi connectivity index (χ0v) is 9.15. The summed E-state index contributed by atoms with van der Waals surface area (Å²) in [5.41, 5.74) is 2.12. The van der Waals surface area contributed by atoms with Crippen LogP contribution in [-0.2, 0) is 0 Å². The summed E-state index contributed by atoms with van der Waals surface area (Å²) in [4.78, 5) is 18.1. The Morgan fingerprint density at radius 3 is 2.56 bits per heavy atom. The Labute approximate surface area is 92.9 Å². The molecular weight excluding hydrogens is 204 g/mol. The average molecular weight is 216 g/mol. The fourth-order valence-electron chi connectivity index (χ4n) is 1.51. The largest absolute Gasteiger partial charge is 0.497 e. The number of methoxy groups -OCH3 is 1. The maximum Gasteiger partial charge on any atom is 0.254 e. The van der Waals surface area contributed by atoms with E-state index in [1.54, 1.807) is 14.0 Å². The molecule has 1 aromatic heterocycles. The third-order valence-electron chi connectivity index (χ3n) is 2.45. The minimum absolute atomic E-state index is 0.110. The van der Waals surface area contributed by atoms with Crippen molar-refractivity contribution in [3.8, 4) is 17.0 Å².